The minimum absolute atomic E-state index is 0.00478. The first kappa shape index (κ1) is 29.5. The highest BCUT2D eigenvalue weighted by Gasteiger charge is 2.45. The average Bonchev–Trinajstić information content (AvgIpc) is 3.58. The number of aliphatic hydroxyl groups is 1. The van der Waals surface area contributed by atoms with Crippen molar-refractivity contribution in [2.45, 2.75) is 46.8 Å². The van der Waals surface area contributed by atoms with Gasteiger partial charge in [-0.3, -0.25) is 0 Å². The van der Waals surface area contributed by atoms with Crippen molar-refractivity contribution in [2.75, 3.05) is 39.9 Å². The van der Waals surface area contributed by atoms with Crippen molar-refractivity contribution in [3.8, 4) is 5.75 Å². The Bertz CT molecular complexity index is 1580. The molecule has 0 amide bonds. The fourth-order valence-electron chi connectivity index (χ4n) is 5.04. The maximum atomic E-state index is 13.5. The Balaban J connectivity index is 1.11. The van der Waals surface area contributed by atoms with E-state index in [0.717, 1.165) is 11.7 Å². The first-order chi connectivity index (χ1) is 19.0. The number of fused-ring (bicyclic) bond motifs is 1. The van der Waals surface area contributed by atoms with E-state index in [9.17, 15) is 21.9 Å². The van der Waals surface area contributed by atoms with E-state index >= 15 is 0 Å². The molecule has 0 radical (unpaired) electrons. The Morgan fingerprint density at radius 3 is 2.75 bits per heavy atom. The van der Waals surface area contributed by atoms with Gasteiger partial charge in [-0.15, -0.1) is 0 Å². The molecule has 0 bridgehead atoms. The van der Waals surface area contributed by atoms with Crippen LogP contribution < -0.4 is 14.8 Å². The molecule has 2 aromatic carbocycles. The number of sulfonamides is 2. The lowest BCUT2D eigenvalue weighted by Gasteiger charge is -2.38. The molecule has 3 aromatic rings. The van der Waals surface area contributed by atoms with Gasteiger partial charge in [-0.05, 0) is 50.6 Å². The van der Waals surface area contributed by atoms with Gasteiger partial charge in [0.2, 0.25) is 20.0 Å². The van der Waals surface area contributed by atoms with E-state index in [-0.39, 0.29) is 52.6 Å². The van der Waals surface area contributed by atoms with Gasteiger partial charge in [0, 0.05) is 31.7 Å². The van der Waals surface area contributed by atoms with E-state index in [1.165, 1.54) is 29.6 Å². The summed E-state index contributed by atoms with van der Waals surface area (Å²) < 4.78 is 74.6. The zero-order valence-electron chi connectivity index (χ0n) is 21.6. The zero-order chi connectivity index (χ0) is 28.5. The molecule has 2 atom stereocenters. The Labute approximate surface area is 242 Å². The van der Waals surface area contributed by atoms with Gasteiger partial charge in [0.15, 0.2) is 0 Å². The molecule has 218 valence electrons. The number of ether oxygens (including phenoxy) is 2. The second-order valence-electron chi connectivity index (χ2n) is 9.86. The van der Waals surface area contributed by atoms with Gasteiger partial charge < -0.3 is 19.9 Å². The molecular weight excluding hydrogens is 602 g/mol. The molecule has 2 aliphatic rings. The van der Waals surface area contributed by atoms with Crippen molar-refractivity contribution in [1.82, 2.24) is 23.1 Å². The Morgan fingerprint density at radius 2 is 2.00 bits per heavy atom. The number of aromatic nitrogens is 2. The summed E-state index contributed by atoms with van der Waals surface area (Å²) in [6.45, 7) is 1.25. The molecule has 40 heavy (non-hydrogen) atoms. The lowest BCUT2D eigenvalue weighted by atomic mass is 9.88. The molecule has 3 N–H and O–H groups in total. The van der Waals surface area contributed by atoms with Crippen LogP contribution in [-0.2, 0) is 24.8 Å². The van der Waals surface area contributed by atoms with Gasteiger partial charge in [0.1, 0.15) is 34.4 Å². The molecule has 12 nitrogen and oxygen atoms in total. The van der Waals surface area contributed by atoms with Gasteiger partial charge in [-0.2, -0.15) is 13.1 Å². The topological polar surface area (TPSA) is 160 Å². The fraction of sp³-hybridized carbons (Fsp3) is 0.500. The van der Waals surface area contributed by atoms with Gasteiger partial charge in [-0.1, -0.05) is 17.7 Å². The van der Waals surface area contributed by atoms with E-state index in [1.54, 1.807) is 18.2 Å². The van der Waals surface area contributed by atoms with E-state index in [4.69, 9.17) is 21.1 Å². The molecular formula is C24H30ClN5O7S3. The van der Waals surface area contributed by atoms with Crippen LogP contribution in [0.15, 0.2) is 46.2 Å². The first-order valence-electron chi connectivity index (χ1n) is 12.7. The zero-order valence-corrected chi connectivity index (χ0v) is 24.8. The molecule has 0 saturated carbocycles. The lowest BCUT2D eigenvalue weighted by molar-refractivity contribution is -0.0312. The number of hydrogen-bond acceptors (Lipinski definition) is 11. The summed E-state index contributed by atoms with van der Waals surface area (Å²) in [6.07, 6.45) is 0.918. The van der Waals surface area contributed by atoms with Crippen LogP contribution in [0.25, 0.3) is 11.0 Å². The van der Waals surface area contributed by atoms with Gasteiger partial charge in [0.05, 0.1) is 33.9 Å². The van der Waals surface area contributed by atoms with Crippen molar-refractivity contribution in [2.24, 2.45) is 0 Å². The molecule has 2 fully saturated rings. The van der Waals surface area contributed by atoms with E-state index < -0.39 is 31.8 Å². The predicted octanol–water partition coefficient (Wildman–Crippen LogP) is 1.59. The lowest BCUT2D eigenvalue weighted by Crippen LogP contribution is -2.47. The molecule has 5 rings (SSSR count). The minimum atomic E-state index is -3.86. The highest BCUT2D eigenvalue weighted by Crippen LogP contribution is 2.39. The second-order valence-corrected chi connectivity index (χ2v) is 14.6. The highest BCUT2D eigenvalue weighted by atomic mass is 35.5. The van der Waals surface area contributed by atoms with Crippen molar-refractivity contribution < 1.29 is 31.4 Å². The highest BCUT2D eigenvalue weighted by molar-refractivity contribution is 7.89. The normalized spacial score (nSPS) is 20.7. The molecule has 0 aliphatic carbocycles. The van der Waals surface area contributed by atoms with Crippen LogP contribution in [0.3, 0.4) is 0 Å². The quantitative estimate of drug-likeness (QED) is 0.300. The summed E-state index contributed by atoms with van der Waals surface area (Å²) in [6, 6.07) is 9.23. The standard InChI is InChI=1S/C24H30ClN5O7S3/c1-26-39(32,33)19-4-2-3-18(11-19)36-15-17(31)13-27-16-12-24(37-14-16)7-9-30(10-8-24)40(34,35)23-20(25)5-6-21-22(23)29-38-28-21/h2-6,11,16-17,26-27,31H,7-10,12-15H2,1H3. The van der Waals surface area contributed by atoms with Crippen LogP contribution in [0, 0.1) is 0 Å². The molecule has 1 aromatic heterocycles. The molecule has 1 spiro atoms. The van der Waals surface area contributed by atoms with Crippen LogP contribution >= 0.6 is 23.3 Å². The summed E-state index contributed by atoms with van der Waals surface area (Å²) in [5.74, 6) is 0.337. The molecule has 16 heteroatoms. The Kier molecular flexibility index (Phi) is 8.67. The van der Waals surface area contributed by atoms with Crippen LogP contribution in [0.1, 0.15) is 19.3 Å². The first-order valence-corrected chi connectivity index (χ1v) is 16.7. The van der Waals surface area contributed by atoms with Crippen LogP contribution in [0.5, 0.6) is 5.75 Å². The van der Waals surface area contributed by atoms with Crippen molar-refractivity contribution in [3.63, 3.8) is 0 Å². The number of nitrogens with one attached hydrogen (secondary N) is 2. The predicted molar refractivity (Wildman–Crippen MR) is 150 cm³/mol. The third-order valence-electron chi connectivity index (χ3n) is 7.24. The Hall–Kier alpha value is -1.95. The van der Waals surface area contributed by atoms with Crippen molar-refractivity contribution in [1.29, 1.82) is 0 Å². The van der Waals surface area contributed by atoms with Crippen LogP contribution in [0.2, 0.25) is 5.02 Å². The van der Waals surface area contributed by atoms with Crippen molar-refractivity contribution >= 4 is 54.4 Å². The number of benzene rings is 2. The SMILES string of the molecule is CNS(=O)(=O)c1cccc(OCC(O)CNC2COC3(CCN(S(=O)(=O)c4c(Cl)ccc5nsnc45)CC3)C2)c1. The maximum Gasteiger partial charge on any atom is 0.246 e. The summed E-state index contributed by atoms with van der Waals surface area (Å²) in [5, 5.41) is 13.8. The minimum Gasteiger partial charge on any atom is -0.491 e. The Morgan fingerprint density at radius 1 is 1.23 bits per heavy atom. The second kappa shape index (κ2) is 11.7. The fourth-order valence-corrected chi connectivity index (χ4v) is 8.48. The maximum absolute atomic E-state index is 13.5. The number of aliphatic hydroxyl groups excluding tert-OH is 1. The largest absolute Gasteiger partial charge is 0.491 e. The number of rotatable bonds is 10. The average molecular weight is 632 g/mol. The molecule has 2 aliphatic heterocycles. The van der Waals surface area contributed by atoms with Crippen LogP contribution in [0.4, 0.5) is 0 Å². The smallest absolute Gasteiger partial charge is 0.246 e. The summed E-state index contributed by atoms with van der Waals surface area (Å²) in [4.78, 5) is 0.0718. The van der Waals surface area contributed by atoms with Crippen molar-refractivity contribution in [3.05, 3.63) is 41.4 Å². The summed E-state index contributed by atoms with van der Waals surface area (Å²) >= 11 is 7.24. The van der Waals surface area contributed by atoms with E-state index in [2.05, 4.69) is 18.8 Å². The summed E-state index contributed by atoms with van der Waals surface area (Å²) in [7, 11) is -6.12. The third kappa shape index (κ3) is 6.12. The monoisotopic (exact) mass is 631 g/mol. The molecule has 2 unspecified atom stereocenters. The number of hydrogen-bond donors (Lipinski definition) is 3. The summed E-state index contributed by atoms with van der Waals surface area (Å²) in [5.41, 5.74) is 0.345. The van der Waals surface area contributed by atoms with E-state index in [0.29, 0.717) is 37.1 Å². The number of piperidine rings is 1. The van der Waals surface area contributed by atoms with E-state index in [1.807, 2.05) is 0 Å². The van der Waals surface area contributed by atoms with Gasteiger partial charge >= 0.3 is 0 Å². The third-order valence-corrected chi connectivity index (χ3v) is 11.6. The molecule has 3 heterocycles. The molecule has 2 saturated heterocycles. The van der Waals surface area contributed by atoms with Gasteiger partial charge in [-0.25, -0.2) is 21.6 Å². The number of nitrogens with zero attached hydrogens (tertiary/aromatic N) is 3. The number of halogens is 1. The van der Waals surface area contributed by atoms with Crippen LogP contribution in [-0.4, -0.2) is 92.6 Å². The van der Waals surface area contributed by atoms with Gasteiger partial charge in [0.25, 0.3) is 0 Å².